The first-order chi connectivity index (χ1) is 6.06. The van der Waals surface area contributed by atoms with E-state index < -0.39 is 10.7 Å². The van der Waals surface area contributed by atoms with Crippen molar-refractivity contribution in [3.63, 3.8) is 0 Å². The number of aryl methyl sites for hydroxylation is 1. The van der Waals surface area contributed by atoms with Crippen LogP contribution < -0.4 is 5.73 Å². The van der Waals surface area contributed by atoms with Gasteiger partial charge >= 0.3 is 0 Å². The fourth-order valence-electron chi connectivity index (χ4n) is 1.06. The summed E-state index contributed by atoms with van der Waals surface area (Å²) < 4.78 is 12.9. The molecule has 0 fully saturated rings. The molecule has 0 aliphatic rings. The largest absolute Gasteiger partial charge is 0.326 e. The Morgan fingerprint density at radius 1 is 1.62 bits per heavy atom. The Bertz CT molecular complexity index is 352. The first-order valence-electron chi connectivity index (χ1n) is 3.69. The molecule has 0 unspecified atom stereocenters. The van der Waals surface area contributed by atoms with Gasteiger partial charge < -0.3 is 5.73 Å². The lowest BCUT2D eigenvalue weighted by molar-refractivity contribution is -0.385. The summed E-state index contributed by atoms with van der Waals surface area (Å²) in [7, 11) is 0. The van der Waals surface area contributed by atoms with Crippen LogP contribution in [0.3, 0.4) is 0 Å². The normalized spacial score (nSPS) is 10.1. The zero-order chi connectivity index (χ0) is 10.0. The first-order valence-corrected chi connectivity index (χ1v) is 3.69. The molecule has 1 aromatic rings. The third-order valence-corrected chi connectivity index (χ3v) is 1.78. The van der Waals surface area contributed by atoms with Crippen molar-refractivity contribution in [1.82, 2.24) is 0 Å². The molecule has 0 heterocycles. The second-order valence-electron chi connectivity index (χ2n) is 2.69. The van der Waals surface area contributed by atoms with E-state index in [9.17, 15) is 14.5 Å². The van der Waals surface area contributed by atoms with Gasteiger partial charge in [-0.15, -0.1) is 0 Å². The van der Waals surface area contributed by atoms with Crippen molar-refractivity contribution in [3.8, 4) is 0 Å². The highest BCUT2D eigenvalue weighted by Crippen LogP contribution is 2.21. The van der Waals surface area contributed by atoms with Crippen LogP contribution >= 0.6 is 0 Å². The van der Waals surface area contributed by atoms with Crippen LogP contribution in [0.1, 0.15) is 11.1 Å². The van der Waals surface area contributed by atoms with Gasteiger partial charge in [0.25, 0.3) is 5.69 Å². The van der Waals surface area contributed by atoms with Gasteiger partial charge in [-0.1, -0.05) is 0 Å². The third-order valence-electron chi connectivity index (χ3n) is 1.78. The van der Waals surface area contributed by atoms with Gasteiger partial charge in [-0.3, -0.25) is 10.1 Å². The van der Waals surface area contributed by atoms with E-state index in [4.69, 9.17) is 5.73 Å². The molecule has 0 radical (unpaired) electrons. The van der Waals surface area contributed by atoms with E-state index in [1.165, 1.54) is 13.0 Å². The molecule has 0 aliphatic carbocycles. The molecule has 0 amide bonds. The van der Waals surface area contributed by atoms with Crippen LogP contribution in [0.15, 0.2) is 12.1 Å². The van der Waals surface area contributed by atoms with Gasteiger partial charge in [0.05, 0.1) is 11.0 Å². The smallest absolute Gasteiger partial charge is 0.276 e. The second kappa shape index (κ2) is 3.49. The zero-order valence-electron chi connectivity index (χ0n) is 7.08. The molecular formula is C8H9FN2O2. The molecular weight excluding hydrogens is 175 g/mol. The van der Waals surface area contributed by atoms with E-state index in [0.29, 0.717) is 11.1 Å². The fraction of sp³-hybridized carbons (Fsp3) is 0.250. The van der Waals surface area contributed by atoms with Crippen molar-refractivity contribution >= 4 is 5.69 Å². The minimum absolute atomic E-state index is 0.0391. The second-order valence-corrected chi connectivity index (χ2v) is 2.69. The quantitative estimate of drug-likeness (QED) is 0.559. The molecule has 0 saturated heterocycles. The number of hydrogen-bond donors (Lipinski definition) is 1. The topological polar surface area (TPSA) is 69.2 Å². The van der Waals surface area contributed by atoms with E-state index in [1.807, 2.05) is 0 Å². The van der Waals surface area contributed by atoms with E-state index in [0.717, 1.165) is 6.07 Å². The number of halogens is 1. The summed E-state index contributed by atoms with van der Waals surface area (Å²) in [5.41, 5.74) is 5.74. The van der Waals surface area contributed by atoms with Crippen LogP contribution in [-0.4, -0.2) is 4.92 Å². The van der Waals surface area contributed by atoms with Gasteiger partial charge in [-0.05, 0) is 18.6 Å². The number of nitrogens with zero attached hydrogens (tertiary/aromatic N) is 1. The lowest BCUT2D eigenvalue weighted by atomic mass is 10.1. The lowest BCUT2D eigenvalue weighted by Gasteiger charge is -2.02. The molecule has 70 valence electrons. The average molecular weight is 184 g/mol. The Labute approximate surface area is 74.3 Å². The number of nitrogens with two attached hydrogens (primary N) is 1. The van der Waals surface area contributed by atoms with Gasteiger partial charge in [0.2, 0.25) is 0 Å². The van der Waals surface area contributed by atoms with Gasteiger partial charge in [0.15, 0.2) is 0 Å². The number of rotatable bonds is 2. The molecule has 1 rings (SSSR count). The average Bonchev–Trinajstić information content (AvgIpc) is 2.08. The predicted octanol–water partition coefficient (Wildman–Crippen LogP) is 1.50. The van der Waals surface area contributed by atoms with Crippen molar-refractivity contribution in [2.24, 2.45) is 5.73 Å². The number of nitro benzene ring substituents is 1. The van der Waals surface area contributed by atoms with Crippen LogP contribution in [0.5, 0.6) is 0 Å². The van der Waals surface area contributed by atoms with Crippen molar-refractivity contribution in [2.75, 3.05) is 0 Å². The van der Waals surface area contributed by atoms with E-state index in [-0.39, 0.29) is 12.2 Å². The van der Waals surface area contributed by atoms with Crippen LogP contribution in [-0.2, 0) is 6.54 Å². The SMILES string of the molecule is Cc1cc(CN)c([N+](=O)[O-])cc1F. The maximum absolute atomic E-state index is 12.9. The summed E-state index contributed by atoms with van der Waals surface area (Å²) in [4.78, 5) is 9.79. The summed E-state index contributed by atoms with van der Waals surface area (Å²) in [6.07, 6.45) is 0. The molecule has 0 bridgehead atoms. The van der Waals surface area contributed by atoms with Gasteiger partial charge in [0.1, 0.15) is 5.82 Å². The molecule has 0 spiro atoms. The maximum atomic E-state index is 12.9. The van der Waals surface area contributed by atoms with E-state index >= 15 is 0 Å². The Kier molecular flexibility index (Phi) is 2.57. The van der Waals surface area contributed by atoms with Crippen LogP contribution in [0.2, 0.25) is 0 Å². The predicted molar refractivity (Wildman–Crippen MR) is 45.7 cm³/mol. The highest BCUT2D eigenvalue weighted by Gasteiger charge is 2.15. The summed E-state index contributed by atoms with van der Waals surface area (Å²) in [5.74, 6) is -0.580. The molecule has 13 heavy (non-hydrogen) atoms. The molecule has 0 aromatic heterocycles. The number of hydrogen-bond acceptors (Lipinski definition) is 3. The minimum Gasteiger partial charge on any atom is -0.326 e. The van der Waals surface area contributed by atoms with Crippen LogP contribution in [0, 0.1) is 22.9 Å². The zero-order valence-corrected chi connectivity index (χ0v) is 7.08. The Morgan fingerprint density at radius 3 is 2.69 bits per heavy atom. The Morgan fingerprint density at radius 2 is 2.23 bits per heavy atom. The van der Waals surface area contributed by atoms with Gasteiger partial charge in [-0.2, -0.15) is 0 Å². The first kappa shape index (κ1) is 9.60. The Hall–Kier alpha value is -1.49. The maximum Gasteiger partial charge on any atom is 0.276 e. The van der Waals surface area contributed by atoms with Crippen LogP contribution in [0.4, 0.5) is 10.1 Å². The molecule has 2 N–H and O–H groups in total. The molecule has 0 saturated carbocycles. The standard InChI is InChI=1S/C8H9FN2O2/c1-5-2-6(4-10)8(11(12)13)3-7(5)9/h2-3H,4,10H2,1H3. The lowest BCUT2D eigenvalue weighted by Crippen LogP contribution is -2.03. The molecule has 0 atom stereocenters. The highest BCUT2D eigenvalue weighted by molar-refractivity contribution is 5.43. The number of benzene rings is 1. The third kappa shape index (κ3) is 1.81. The van der Waals surface area contributed by atoms with Crippen LogP contribution in [0.25, 0.3) is 0 Å². The van der Waals surface area contributed by atoms with E-state index in [2.05, 4.69) is 0 Å². The van der Waals surface area contributed by atoms with Crippen molar-refractivity contribution in [2.45, 2.75) is 13.5 Å². The number of nitro groups is 1. The minimum atomic E-state index is -0.634. The molecule has 5 heteroatoms. The highest BCUT2D eigenvalue weighted by atomic mass is 19.1. The fourth-order valence-corrected chi connectivity index (χ4v) is 1.06. The van der Waals surface area contributed by atoms with Gasteiger partial charge in [0, 0.05) is 12.1 Å². The van der Waals surface area contributed by atoms with Gasteiger partial charge in [-0.25, -0.2) is 4.39 Å². The molecule has 4 nitrogen and oxygen atoms in total. The Balaban J connectivity index is 3.33. The van der Waals surface area contributed by atoms with Crippen molar-refractivity contribution < 1.29 is 9.31 Å². The summed E-state index contributed by atoms with van der Waals surface area (Å²) >= 11 is 0. The summed E-state index contributed by atoms with van der Waals surface area (Å²) in [6.45, 7) is 1.58. The summed E-state index contributed by atoms with van der Waals surface area (Å²) in [5, 5.41) is 10.4. The van der Waals surface area contributed by atoms with E-state index in [1.54, 1.807) is 0 Å². The monoisotopic (exact) mass is 184 g/mol. The van der Waals surface area contributed by atoms with Crippen molar-refractivity contribution in [1.29, 1.82) is 0 Å². The summed E-state index contributed by atoms with van der Waals surface area (Å²) in [6, 6.07) is 2.30. The molecule has 1 aromatic carbocycles. The van der Waals surface area contributed by atoms with Crippen molar-refractivity contribution in [3.05, 3.63) is 39.2 Å². The molecule has 0 aliphatic heterocycles.